The van der Waals surface area contributed by atoms with E-state index >= 15 is 0 Å². The highest BCUT2D eigenvalue weighted by Gasteiger charge is 2.32. The van der Waals surface area contributed by atoms with Crippen LogP contribution in [0.3, 0.4) is 0 Å². The van der Waals surface area contributed by atoms with Gasteiger partial charge in [-0.2, -0.15) is 0 Å². The average molecular weight is 392 g/mol. The van der Waals surface area contributed by atoms with Gasteiger partial charge in [-0.1, -0.05) is 0 Å². The highest BCUT2D eigenvalue weighted by molar-refractivity contribution is 6.00. The molecule has 4 rings (SSSR count). The van der Waals surface area contributed by atoms with E-state index in [4.69, 9.17) is 4.74 Å². The number of methoxy groups -OCH3 is 1. The van der Waals surface area contributed by atoms with Gasteiger partial charge in [0, 0.05) is 37.0 Å². The van der Waals surface area contributed by atoms with Crippen molar-refractivity contribution in [1.29, 1.82) is 0 Å². The molecule has 0 spiro atoms. The first-order valence-corrected chi connectivity index (χ1v) is 9.77. The number of ether oxygens (including phenoxy) is 1. The summed E-state index contributed by atoms with van der Waals surface area (Å²) in [7, 11) is 1.61. The maximum Gasteiger partial charge on any atom is 0.272 e. The first-order chi connectivity index (χ1) is 14.0. The van der Waals surface area contributed by atoms with Crippen LogP contribution in [0.5, 0.6) is 5.75 Å². The number of nitrogens with zero attached hydrogens (tertiary/aromatic N) is 4. The lowest BCUT2D eigenvalue weighted by Crippen LogP contribution is -2.43. The van der Waals surface area contributed by atoms with Crippen LogP contribution in [-0.2, 0) is 0 Å². The number of imidazole rings is 1. The largest absolute Gasteiger partial charge is 0.497 e. The molecule has 1 amide bonds. The summed E-state index contributed by atoms with van der Waals surface area (Å²) in [6.07, 6.45) is 5.03. The first kappa shape index (κ1) is 19.1. The second kappa shape index (κ2) is 7.66. The third-order valence-corrected chi connectivity index (χ3v) is 5.56. The molecule has 150 valence electrons. The number of amides is 1. The Kier molecular flexibility index (Phi) is 5.05. The van der Waals surface area contributed by atoms with Gasteiger partial charge in [0.2, 0.25) is 5.78 Å². The number of rotatable bonds is 4. The summed E-state index contributed by atoms with van der Waals surface area (Å²) in [5, 5.41) is 0. The van der Waals surface area contributed by atoms with Crippen LogP contribution in [0.1, 0.15) is 44.9 Å². The highest BCUT2D eigenvalue weighted by atomic mass is 16.5. The molecule has 0 aliphatic carbocycles. The van der Waals surface area contributed by atoms with E-state index in [1.165, 1.54) is 0 Å². The molecular formula is C22H24N4O3. The molecule has 0 N–H and O–H groups in total. The van der Waals surface area contributed by atoms with E-state index in [-0.39, 0.29) is 17.6 Å². The minimum Gasteiger partial charge on any atom is -0.497 e. The normalized spacial score (nSPS) is 16.8. The number of hydrogen-bond donors (Lipinski definition) is 0. The van der Waals surface area contributed by atoms with Crippen molar-refractivity contribution in [3.8, 4) is 5.75 Å². The summed E-state index contributed by atoms with van der Waals surface area (Å²) in [6, 6.07) is 7.27. The highest BCUT2D eigenvalue weighted by Crippen LogP contribution is 2.26. The molecule has 1 aromatic carbocycles. The minimum atomic E-state index is -0.211. The molecule has 0 radical (unpaired) electrons. The van der Waals surface area contributed by atoms with Gasteiger partial charge in [-0.25, -0.2) is 9.97 Å². The quantitative estimate of drug-likeness (QED) is 0.638. The number of likely N-dealkylation sites (tertiary alicyclic amines) is 1. The second-order valence-electron chi connectivity index (χ2n) is 7.47. The Hall–Kier alpha value is -3.22. The van der Waals surface area contributed by atoms with Crippen molar-refractivity contribution in [2.75, 3.05) is 20.2 Å². The lowest BCUT2D eigenvalue weighted by molar-refractivity contribution is 0.0630. The summed E-state index contributed by atoms with van der Waals surface area (Å²) >= 11 is 0. The number of piperidine rings is 1. The smallest absolute Gasteiger partial charge is 0.272 e. The van der Waals surface area contributed by atoms with Gasteiger partial charge in [-0.15, -0.1) is 0 Å². The van der Waals surface area contributed by atoms with E-state index in [0.717, 1.165) is 24.2 Å². The third-order valence-electron chi connectivity index (χ3n) is 5.56. The van der Waals surface area contributed by atoms with E-state index in [2.05, 4.69) is 9.97 Å². The zero-order valence-corrected chi connectivity index (χ0v) is 16.9. The lowest BCUT2D eigenvalue weighted by atomic mass is 9.88. The number of hydrogen-bond acceptors (Lipinski definition) is 5. The molecular weight excluding hydrogens is 368 g/mol. The van der Waals surface area contributed by atoms with Crippen molar-refractivity contribution in [3.63, 3.8) is 0 Å². The molecule has 1 atom stereocenters. The van der Waals surface area contributed by atoms with E-state index in [1.807, 2.05) is 26.0 Å². The topological polar surface area (TPSA) is 76.8 Å². The van der Waals surface area contributed by atoms with Crippen molar-refractivity contribution >= 4 is 17.5 Å². The van der Waals surface area contributed by atoms with Crippen molar-refractivity contribution < 1.29 is 14.3 Å². The molecule has 7 heteroatoms. The van der Waals surface area contributed by atoms with Crippen LogP contribution in [0.25, 0.3) is 5.78 Å². The van der Waals surface area contributed by atoms with Gasteiger partial charge in [0.15, 0.2) is 5.78 Å². The van der Waals surface area contributed by atoms with Gasteiger partial charge < -0.3 is 9.64 Å². The molecule has 3 aromatic rings. The number of aromatic nitrogens is 3. The molecule has 0 bridgehead atoms. The van der Waals surface area contributed by atoms with Gasteiger partial charge in [-0.3, -0.25) is 14.0 Å². The van der Waals surface area contributed by atoms with Crippen LogP contribution in [0.15, 0.2) is 36.7 Å². The zero-order chi connectivity index (χ0) is 20.5. The molecule has 3 heterocycles. The Balaban J connectivity index is 1.57. The van der Waals surface area contributed by atoms with Crippen molar-refractivity contribution in [3.05, 3.63) is 59.2 Å². The summed E-state index contributed by atoms with van der Waals surface area (Å²) in [5.41, 5.74) is 2.75. The van der Waals surface area contributed by atoms with Crippen molar-refractivity contribution in [2.45, 2.75) is 26.7 Å². The van der Waals surface area contributed by atoms with Crippen LogP contribution < -0.4 is 4.74 Å². The Morgan fingerprint density at radius 1 is 1.24 bits per heavy atom. The second-order valence-corrected chi connectivity index (χ2v) is 7.47. The molecule has 1 unspecified atom stereocenters. The molecule has 7 nitrogen and oxygen atoms in total. The van der Waals surface area contributed by atoms with Crippen LogP contribution in [-0.4, -0.2) is 51.2 Å². The minimum absolute atomic E-state index is 0.0826. The van der Waals surface area contributed by atoms with Gasteiger partial charge in [0.1, 0.15) is 11.4 Å². The maximum atomic E-state index is 13.3. The number of carbonyl (C=O) groups excluding carboxylic acids is 2. The maximum absolute atomic E-state index is 13.3. The fourth-order valence-corrected chi connectivity index (χ4v) is 4.04. The fraction of sp³-hybridized carbons (Fsp3) is 0.364. The molecule has 29 heavy (non-hydrogen) atoms. The first-order valence-electron chi connectivity index (χ1n) is 9.77. The lowest BCUT2D eigenvalue weighted by Gasteiger charge is -2.32. The van der Waals surface area contributed by atoms with Crippen LogP contribution in [0.2, 0.25) is 0 Å². The Morgan fingerprint density at radius 2 is 2.07 bits per heavy atom. The number of benzene rings is 1. The van der Waals surface area contributed by atoms with Crippen LogP contribution in [0, 0.1) is 19.8 Å². The van der Waals surface area contributed by atoms with Crippen molar-refractivity contribution in [1.82, 2.24) is 19.3 Å². The van der Waals surface area contributed by atoms with Gasteiger partial charge in [0.05, 0.1) is 12.8 Å². The molecule has 1 fully saturated rings. The van der Waals surface area contributed by atoms with Gasteiger partial charge in [-0.05, 0) is 56.5 Å². The number of Topliss-reactive ketones (excluding diaryl/α,β-unsaturated/α-hetero) is 1. The van der Waals surface area contributed by atoms with Crippen molar-refractivity contribution in [2.24, 2.45) is 5.92 Å². The molecule has 1 saturated heterocycles. The predicted octanol–water partition coefficient (Wildman–Crippen LogP) is 3.09. The van der Waals surface area contributed by atoms with Gasteiger partial charge in [0.25, 0.3) is 5.91 Å². The van der Waals surface area contributed by atoms with E-state index < -0.39 is 0 Å². The Labute approximate surface area is 169 Å². The Morgan fingerprint density at radius 3 is 2.83 bits per heavy atom. The summed E-state index contributed by atoms with van der Waals surface area (Å²) in [5.74, 6) is 1.01. The van der Waals surface area contributed by atoms with Crippen LogP contribution >= 0.6 is 0 Å². The summed E-state index contributed by atoms with van der Waals surface area (Å²) in [6.45, 7) is 4.78. The standard InChI is InChI=1S/C22H24N4O3/c1-14-12-17(29-3)7-8-18(14)20(27)16-6-4-10-25(13-16)21(28)19-15(2)24-22-23-9-5-11-26(19)22/h5,7-9,11-12,16H,4,6,10,13H2,1-3H3. The molecule has 1 aliphatic rings. The SMILES string of the molecule is COc1ccc(C(=O)C2CCCN(C(=O)c3c(C)nc4ncccn34)C2)c(C)c1. The monoisotopic (exact) mass is 392 g/mol. The van der Waals surface area contributed by atoms with Crippen LogP contribution in [0.4, 0.5) is 0 Å². The average Bonchev–Trinajstić information content (AvgIpc) is 3.08. The third kappa shape index (κ3) is 3.48. The fourth-order valence-electron chi connectivity index (χ4n) is 4.04. The molecule has 0 saturated carbocycles. The Bertz CT molecular complexity index is 1090. The number of ketones is 1. The summed E-state index contributed by atoms with van der Waals surface area (Å²) in [4.78, 5) is 36.8. The predicted molar refractivity (Wildman–Crippen MR) is 108 cm³/mol. The number of fused-ring (bicyclic) bond motifs is 1. The van der Waals surface area contributed by atoms with E-state index in [0.29, 0.717) is 35.8 Å². The van der Waals surface area contributed by atoms with E-state index in [9.17, 15) is 9.59 Å². The van der Waals surface area contributed by atoms with Gasteiger partial charge >= 0.3 is 0 Å². The summed E-state index contributed by atoms with van der Waals surface area (Å²) < 4.78 is 6.95. The molecule has 1 aliphatic heterocycles. The molecule has 2 aromatic heterocycles. The number of carbonyl (C=O) groups is 2. The number of aryl methyl sites for hydroxylation is 2. The van der Waals surface area contributed by atoms with E-state index in [1.54, 1.807) is 40.9 Å². The zero-order valence-electron chi connectivity index (χ0n) is 16.9.